The van der Waals surface area contributed by atoms with Crippen LogP contribution in [0.5, 0.6) is 0 Å². The zero-order valence-electron chi connectivity index (χ0n) is 17.5. The van der Waals surface area contributed by atoms with Crippen molar-refractivity contribution in [1.29, 1.82) is 0 Å². The number of carbonyl (C=O) groups is 1. The number of carbonyl (C=O) groups excluding carboxylic acids is 1. The minimum absolute atomic E-state index is 0.0102. The largest absolute Gasteiger partial charge is 0.450 e. The van der Waals surface area contributed by atoms with Gasteiger partial charge < -0.3 is 9.32 Å². The van der Waals surface area contributed by atoms with Gasteiger partial charge in [0.05, 0.1) is 17.0 Å². The zero-order chi connectivity index (χ0) is 22.6. The summed E-state index contributed by atoms with van der Waals surface area (Å²) in [4.78, 5) is 28.6. The van der Waals surface area contributed by atoms with Gasteiger partial charge >= 0.3 is 0 Å². The Balaban J connectivity index is 1.74. The van der Waals surface area contributed by atoms with Crippen LogP contribution in [0.15, 0.2) is 69.9 Å². The van der Waals surface area contributed by atoms with Crippen LogP contribution in [-0.4, -0.2) is 10.8 Å². The molecule has 160 valence electrons. The summed E-state index contributed by atoms with van der Waals surface area (Å²) in [5.74, 6) is -1.24. The van der Waals surface area contributed by atoms with E-state index in [-0.39, 0.29) is 29.1 Å². The maximum Gasteiger partial charge on any atom is 0.291 e. The molecule has 0 spiro atoms. The Morgan fingerprint density at radius 3 is 2.19 bits per heavy atom. The highest BCUT2D eigenvalue weighted by atomic mass is 19.1. The van der Waals surface area contributed by atoms with E-state index in [2.05, 4.69) is 0 Å². The van der Waals surface area contributed by atoms with Crippen LogP contribution in [0.4, 0.5) is 8.78 Å². The molecule has 32 heavy (non-hydrogen) atoms. The Morgan fingerprint density at radius 2 is 1.53 bits per heavy atom. The molecule has 6 heteroatoms. The first-order chi connectivity index (χ1) is 15.3. The first kappa shape index (κ1) is 20.1. The molecule has 2 heterocycles. The summed E-state index contributed by atoms with van der Waals surface area (Å²) in [6.07, 6.45) is 0. The van der Waals surface area contributed by atoms with E-state index < -0.39 is 17.8 Å². The summed E-state index contributed by atoms with van der Waals surface area (Å²) in [5, 5.41) is 0.429. The summed E-state index contributed by atoms with van der Waals surface area (Å²) in [5.41, 5.74) is 3.30. The second-order valence-corrected chi connectivity index (χ2v) is 8.14. The summed E-state index contributed by atoms with van der Waals surface area (Å²) < 4.78 is 33.0. The van der Waals surface area contributed by atoms with Crippen molar-refractivity contribution in [3.63, 3.8) is 0 Å². The predicted molar refractivity (Wildman–Crippen MR) is 116 cm³/mol. The minimum atomic E-state index is -0.746. The lowest BCUT2D eigenvalue weighted by Crippen LogP contribution is -2.29. The van der Waals surface area contributed by atoms with E-state index in [0.717, 1.165) is 11.1 Å². The van der Waals surface area contributed by atoms with Crippen LogP contribution in [0.25, 0.3) is 11.0 Å². The third-order valence-electron chi connectivity index (χ3n) is 5.86. The SMILES string of the molecule is Cc1cc(C)c2c(=O)c3c(oc2c1)C(=O)N(Cc1ccc(F)cc1)C3c1ccc(F)cc1. The van der Waals surface area contributed by atoms with Gasteiger partial charge in [0.2, 0.25) is 5.76 Å². The molecular formula is C26H19F2NO3. The van der Waals surface area contributed by atoms with Crippen LogP contribution in [0.1, 0.15) is 44.4 Å². The number of hydrogen-bond acceptors (Lipinski definition) is 3. The molecule has 1 atom stereocenters. The van der Waals surface area contributed by atoms with Crippen molar-refractivity contribution in [1.82, 2.24) is 4.90 Å². The van der Waals surface area contributed by atoms with Gasteiger partial charge in [0.1, 0.15) is 17.2 Å². The van der Waals surface area contributed by atoms with Crippen LogP contribution >= 0.6 is 0 Å². The monoisotopic (exact) mass is 431 g/mol. The summed E-state index contributed by atoms with van der Waals surface area (Å²) in [6, 6.07) is 14.4. The molecule has 0 fully saturated rings. The van der Waals surface area contributed by atoms with Crippen molar-refractivity contribution in [2.45, 2.75) is 26.4 Å². The van der Waals surface area contributed by atoms with Gasteiger partial charge in [0.15, 0.2) is 5.43 Å². The van der Waals surface area contributed by atoms with E-state index in [4.69, 9.17) is 4.42 Å². The molecule has 0 N–H and O–H groups in total. The summed E-state index contributed by atoms with van der Waals surface area (Å²) in [7, 11) is 0. The average molecular weight is 431 g/mol. The molecule has 1 aliphatic heterocycles. The van der Waals surface area contributed by atoms with Crippen molar-refractivity contribution < 1.29 is 18.0 Å². The number of halogens is 2. The van der Waals surface area contributed by atoms with E-state index in [1.807, 2.05) is 19.9 Å². The third-order valence-corrected chi connectivity index (χ3v) is 5.86. The molecule has 4 nitrogen and oxygen atoms in total. The van der Waals surface area contributed by atoms with Crippen molar-refractivity contribution in [3.8, 4) is 0 Å². The quantitative estimate of drug-likeness (QED) is 0.434. The van der Waals surface area contributed by atoms with Crippen molar-refractivity contribution in [3.05, 3.63) is 116 Å². The number of aryl methyl sites for hydroxylation is 2. The Morgan fingerprint density at radius 1 is 0.906 bits per heavy atom. The van der Waals surface area contributed by atoms with Crippen LogP contribution in [0.3, 0.4) is 0 Å². The fraction of sp³-hybridized carbons (Fsp3) is 0.154. The van der Waals surface area contributed by atoms with Crippen LogP contribution in [0, 0.1) is 25.5 Å². The van der Waals surface area contributed by atoms with Crippen LogP contribution < -0.4 is 5.43 Å². The number of benzene rings is 3. The lowest BCUT2D eigenvalue weighted by Gasteiger charge is -2.25. The fourth-order valence-electron chi connectivity index (χ4n) is 4.45. The predicted octanol–water partition coefficient (Wildman–Crippen LogP) is 5.43. The lowest BCUT2D eigenvalue weighted by molar-refractivity contribution is 0.0714. The highest BCUT2D eigenvalue weighted by molar-refractivity contribution is 5.99. The smallest absolute Gasteiger partial charge is 0.291 e. The van der Waals surface area contributed by atoms with Crippen LogP contribution in [-0.2, 0) is 6.54 Å². The standard InChI is InChI=1S/C26H19F2NO3/c1-14-11-15(2)21-20(12-14)32-25-22(24(21)30)23(17-5-9-19(28)10-6-17)29(26(25)31)13-16-3-7-18(27)8-4-16/h3-12,23H,13H2,1-2H3. The number of rotatable bonds is 3. The fourth-order valence-corrected chi connectivity index (χ4v) is 4.45. The Hall–Kier alpha value is -3.80. The average Bonchev–Trinajstić information content (AvgIpc) is 3.02. The molecule has 1 amide bonds. The first-order valence-electron chi connectivity index (χ1n) is 10.2. The Bertz CT molecular complexity index is 1420. The zero-order valence-corrected chi connectivity index (χ0v) is 17.5. The lowest BCUT2D eigenvalue weighted by atomic mass is 9.96. The highest BCUT2D eigenvalue weighted by Gasteiger charge is 2.42. The van der Waals surface area contributed by atoms with E-state index in [9.17, 15) is 18.4 Å². The third kappa shape index (κ3) is 3.19. The Labute approximate surface area is 182 Å². The molecule has 0 bridgehead atoms. The maximum absolute atomic E-state index is 13.6. The Kier molecular flexibility index (Phi) is 4.66. The highest BCUT2D eigenvalue weighted by Crippen LogP contribution is 2.39. The second-order valence-electron chi connectivity index (χ2n) is 8.14. The van der Waals surface area contributed by atoms with E-state index in [0.29, 0.717) is 22.1 Å². The van der Waals surface area contributed by atoms with E-state index in [1.54, 1.807) is 30.3 Å². The number of nitrogens with zero attached hydrogens (tertiary/aromatic N) is 1. The normalized spacial score (nSPS) is 15.4. The van der Waals surface area contributed by atoms with Gasteiger partial charge in [-0.1, -0.05) is 30.3 Å². The van der Waals surface area contributed by atoms with Crippen molar-refractivity contribution in [2.24, 2.45) is 0 Å². The molecule has 0 saturated carbocycles. The molecule has 3 aromatic carbocycles. The molecular weight excluding hydrogens is 412 g/mol. The van der Waals surface area contributed by atoms with Crippen molar-refractivity contribution >= 4 is 16.9 Å². The van der Waals surface area contributed by atoms with Gasteiger partial charge in [-0.25, -0.2) is 8.78 Å². The molecule has 1 aliphatic rings. The molecule has 1 aromatic heterocycles. The van der Waals surface area contributed by atoms with Crippen molar-refractivity contribution in [2.75, 3.05) is 0 Å². The van der Waals surface area contributed by atoms with Gasteiger partial charge in [0, 0.05) is 6.54 Å². The van der Waals surface area contributed by atoms with E-state index >= 15 is 0 Å². The number of hydrogen-bond donors (Lipinski definition) is 0. The second kappa shape index (κ2) is 7.41. The molecule has 4 aromatic rings. The van der Waals surface area contributed by atoms with Gasteiger partial charge in [-0.3, -0.25) is 9.59 Å². The maximum atomic E-state index is 13.6. The minimum Gasteiger partial charge on any atom is -0.450 e. The van der Waals surface area contributed by atoms with Gasteiger partial charge in [0.25, 0.3) is 5.91 Å². The summed E-state index contributed by atoms with van der Waals surface area (Å²) >= 11 is 0. The van der Waals surface area contributed by atoms with Gasteiger partial charge in [-0.2, -0.15) is 0 Å². The summed E-state index contributed by atoms with van der Waals surface area (Å²) in [6.45, 7) is 3.86. The molecule has 0 radical (unpaired) electrons. The van der Waals surface area contributed by atoms with E-state index in [1.165, 1.54) is 29.2 Å². The molecule has 0 saturated heterocycles. The molecule has 1 unspecified atom stereocenters. The topological polar surface area (TPSA) is 50.5 Å². The van der Waals surface area contributed by atoms with Gasteiger partial charge in [-0.05, 0) is 66.4 Å². The molecule has 0 aliphatic carbocycles. The van der Waals surface area contributed by atoms with Crippen LogP contribution in [0.2, 0.25) is 0 Å². The van der Waals surface area contributed by atoms with Gasteiger partial charge in [-0.15, -0.1) is 0 Å². The first-order valence-corrected chi connectivity index (χ1v) is 10.2. The number of amides is 1. The molecule has 5 rings (SSSR count). The number of fused-ring (bicyclic) bond motifs is 2.